The highest BCUT2D eigenvalue weighted by atomic mass is 31.2. The average molecular weight is 709 g/mol. The largest absolute Gasteiger partial charge is 0.472 e. The molecule has 5 rings (SSSR count). The number of nitrogens with two attached hydrogens (primary N) is 2. The summed E-state index contributed by atoms with van der Waals surface area (Å²) < 4.78 is 82.1. The van der Waals surface area contributed by atoms with Gasteiger partial charge in [-0.05, 0) is 18.9 Å². The summed E-state index contributed by atoms with van der Waals surface area (Å²) in [5.74, 6) is -0.00923. The lowest BCUT2D eigenvalue weighted by Crippen LogP contribution is -2.38. The molecule has 3 aromatic heterocycles. The Morgan fingerprint density at radius 2 is 1.68 bits per heavy atom. The fourth-order valence-electron chi connectivity index (χ4n) is 5.24. The second-order valence-corrected chi connectivity index (χ2v) is 13.3. The number of imidazole rings is 1. The van der Waals surface area contributed by atoms with Gasteiger partial charge >= 0.3 is 21.3 Å². The standard InChI is InChI=1S/C24H35FN8O12P2/c1-4-8-40-46(35,36)44-17-13(43-22(15(17)25)33-11-30-16-20(27)28-10-29-21(16)33)9-41-47(37,38)45-18-12(5-2)42-23(19(18)39-3)32-7-6-14(26)31-24(32)34/h6-7,10-13,15,17-19,22-23H,4-5,8-9H2,1-3H3,(H,35,36)(H,37,38)(H2,26,31,34)(H2,27,28,29)/t12-,13-,15?,17?,18?,19?,22-,23-/m1/s1. The predicted molar refractivity (Wildman–Crippen MR) is 158 cm³/mol. The molecule has 2 aliphatic rings. The van der Waals surface area contributed by atoms with E-state index in [9.17, 15) is 23.7 Å². The summed E-state index contributed by atoms with van der Waals surface area (Å²) in [6.45, 7) is 2.36. The van der Waals surface area contributed by atoms with Gasteiger partial charge in [0.2, 0.25) is 0 Å². The number of phosphoric acid groups is 2. The Morgan fingerprint density at radius 1 is 0.979 bits per heavy atom. The highest BCUT2D eigenvalue weighted by Crippen LogP contribution is 2.52. The van der Waals surface area contributed by atoms with Crippen LogP contribution in [0.2, 0.25) is 0 Å². The molecule has 0 aromatic carbocycles. The summed E-state index contributed by atoms with van der Waals surface area (Å²) >= 11 is 0. The molecular formula is C24H35FN8O12P2. The molecule has 0 bridgehead atoms. The molecule has 0 spiro atoms. The summed E-state index contributed by atoms with van der Waals surface area (Å²) in [5, 5.41) is 0. The quantitative estimate of drug-likeness (QED) is 0.171. The minimum Gasteiger partial charge on any atom is -0.383 e. The fourth-order valence-corrected chi connectivity index (χ4v) is 7.23. The summed E-state index contributed by atoms with van der Waals surface area (Å²) in [4.78, 5) is 49.1. The van der Waals surface area contributed by atoms with Crippen LogP contribution < -0.4 is 17.2 Å². The zero-order valence-electron chi connectivity index (χ0n) is 25.3. The van der Waals surface area contributed by atoms with E-state index in [0.717, 1.165) is 15.5 Å². The van der Waals surface area contributed by atoms with Crippen LogP contribution in [0.4, 0.5) is 16.0 Å². The Morgan fingerprint density at radius 3 is 2.36 bits per heavy atom. The first-order valence-electron chi connectivity index (χ1n) is 14.4. The van der Waals surface area contributed by atoms with Gasteiger partial charge in [0.25, 0.3) is 0 Å². The Labute approximate surface area is 266 Å². The molecule has 47 heavy (non-hydrogen) atoms. The molecule has 0 radical (unpaired) electrons. The first kappa shape index (κ1) is 35.4. The minimum atomic E-state index is -5.03. The molecule has 260 valence electrons. The summed E-state index contributed by atoms with van der Waals surface area (Å²) in [7, 11) is -8.58. The maximum atomic E-state index is 16.0. The van der Waals surface area contributed by atoms with Crippen molar-refractivity contribution in [2.24, 2.45) is 0 Å². The third kappa shape index (κ3) is 7.55. The van der Waals surface area contributed by atoms with Crippen LogP contribution in [0.5, 0.6) is 0 Å². The molecule has 2 saturated heterocycles. The van der Waals surface area contributed by atoms with Crippen LogP contribution >= 0.6 is 15.6 Å². The number of halogens is 1. The number of hydrogen-bond acceptors (Lipinski definition) is 16. The second-order valence-electron chi connectivity index (χ2n) is 10.5. The number of ether oxygens (including phenoxy) is 3. The van der Waals surface area contributed by atoms with E-state index in [2.05, 4.69) is 19.9 Å². The summed E-state index contributed by atoms with van der Waals surface area (Å²) in [6, 6.07) is 1.37. The molecule has 0 amide bonds. The van der Waals surface area contributed by atoms with E-state index in [-0.39, 0.29) is 35.8 Å². The Hall–Kier alpha value is -2.94. The van der Waals surface area contributed by atoms with Gasteiger partial charge in [-0.1, -0.05) is 13.8 Å². The van der Waals surface area contributed by atoms with Crippen molar-refractivity contribution in [3.05, 3.63) is 35.4 Å². The first-order valence-corrected chi connectivity index (χ1v) is 17.3. The van der Waals surface area contributed by atoms with Gasteiger partial charge < -0.3 is 35.5 Å². The van der Waals surface area contributed by atoms with Gasteiger partial charge in [0, 0.05) is 13.3 Å². The van der Waals surface area contributed by atoms with E-state index in [1.807, 2.05) is 0 Å². The van der Waals surface area contributed by atoms with E-state index in [0.29, 0.717) is 6.42 Å². The molecule has 0 saturated carbocycles. The molecule has 3 aromatic rings. The molecule has 2 aliphatic heterocycles. The SMILES string of the molecule is CCCOP(=O)(O)OC1C(F)[C@H](n2cnc3c(N)ncnc32)O[C@@H]1COP(=O)(O)OC1C(OC)[C@H](n2ccc(N)nc2=O)O[C@@H]1CC. The maximum Gasteiger partial charge on any atom is 0.472 e. The lowest BCUT2D eigenvalue weighted by Gasteiger charge is -2.26. The Kier molecular flexibility index (Phi) is 10.7. The molecule has 10 atom stereocenters. The van der Waals surface area contributed by atoms with Crippen molar-refractivity contribution >= 4 is 38.4 Å². The van der Waals surface area contributed by atoms with Gasteiger partial charge in [-0.2, -0.15) is 4.98 Å². The molecular weight excluding hydrogens is 673 g/mol. The number of hydrogen-bond donors (Lipinski definition) is 4. The van der Waals surface area contributed by atoms with Crippen LogP contribution in [0.3, 0.4) is 0 Å². The number of methoxy groups -OCH3 is 1. The molecule has 5 heterocycles. The minimum absolute atomic E-state index is 0.0106. The number of anilines is 2. The van der Waals surface area contributed by atoms with Crippen LogP contribution in [0.15, 0.2) is 29.7 Å². The van der Waals surface area contributed by atoms with Gasteiger partial charge in [0.1, 0.15) is 42.1 Å². The smallest absolute Gasteiger partial charge is 0.383 e. The topological polar surface area (TPSA) is 270 Å². The zero-order chi connectivity index (χ0) is 34.1. The molecule has 0 aliphatic carbocycles. The van der Waals surface area contributed by atoms with Crippen molar-refractivity contribution in [1.82, 2.24) is 29.1 Å². The molecule has 2 fully saturated rings. The van der Waals surface area contributed by atoms with Crippen molar-refractivity contribution in [3.8, 4) is 0 Å². The molecule has 6 N–H and O–H groups in total. The number of rotatable bonds is 14. The zero-order valence-corrected chi connectivity index (χ0v) is 27.1. The van der Waals surface area contributed by atoms with E-state index < -0.39 is 77.1 Å². The molecule has 23 heteroatoms. The lowest BCUT2D eigenvalue weighted by atomic mass is 10.1. The van der Waals surface area contributed by atoms with Crippen LogP contribution in [0.25, 0.3) is 11.2 Å². The van der Waals surface area contributed by atoms with Crippen molar-refractivity contribution in [1.29, 1.82) is 0 Å². The van der Waals surface area contributed by atoms with E-state index >= 15 is 4.39 Å². The predicted octanol–water partition coefficient (Wildman–Crippen LogP) is 1.22. The number of alkyl halides is 1. The third-order valence-corrected chi connectivity index (χ3v) is 9.39. The van der Waals surface area contributed by atoms with E-state index in [1.165, 1.54) is 25.7 Å². The average Bonchev–Trinajstić information content (AvgIpc) is 3.69. The highest BCUT2D eigenvalue weighted by molar-refractivity contribution is 7.47. The number of phosphoric ester groups is 2. The number of fused-ring (bicyclic) bond motifs is 1. The van der Waals surface area contributed by atoms with E-state index in [1.54, 1.807) is 13.8 Å². The van der Waals surface area contributed by atoms with Gasteiger partial charge in [-0.3, -0.25) is 27.2 Å². The van der Waals surface area contributed by atoms with Crippen LogP contribution in [-0.2, 0) is 41.4 Å². The van der Waals surface area contributed by atoms with E-state index in [4.69, 9.17) is 43.8 Å². The fraction of sp³-hybridized carbons (Fsp3) is 0.625. The Balaban J connectivity index is 1.36. The number of nitrogen functional groups attached to an aromatic ring is 2. The van der Waals surface area contributed by atoms with Gasteiger partial charge in [0.15, 0.2) is 30.1 Å². The van der Waals surface area contributed by atoms with Crippen LogP contribution in [-0.4, -0.2) is 95.9 Å². The Bertz CT molecular complexity index is 1720. The summed E-state index contributed by atoms with van der Waals surface area (Å²) in [6.07, 6.45) is -7.17. The molecule has 6 unspecified atom stereocenters. The monoisotopic (exact) mass is 708 g/mol. The van der Waals surface area contributed by atoms with Crippen molar-refractivity contribution in [2.45, 2.75) is 75.8 Å². The first-order chi connectivity index (χ1) is 22.3. The van der Waals surface area contributed by atoms with Gasteiger partial charge in [-0.25, -0.2) is 33.3 Å². The molecule has 20 nitrogen and oxygen atoms in total. The normalized spacial score (nSPS) is 30.4. The van der Waals surface area contributed by atoms with Crippen molar-refractivity contribution in [2.75, 3.05) is 31.8 Å². The van der Waals surface area contributed by atoms with Gasteiger partial charge in [-0.15, -0.1) is 0 Å². The van der Waals surface area contributed by atoms with Crippen LogP contribution in [0.1, 0.15) is 39.1 Å². The number of aromatic nitrogens is 6. The van der Waals surface area contributed by atoms with Crippen molar-refractivity contribution < 1.29 is 55.6 Å². The highest BCUT2D eigenvalue weighted by Gasteiger charge is 2.53. The maximum absolute atomic E-state index is 16.0. The van der Waals surface area contributed by atoms with Gasteiger partial charge in [0.05, 0.1) is 25.6 Å². The lowest BCUT2D eigenvalue weighted by molar-refractivity contribution is -0.0573. The third-order valence-electron chi connectivity index (χ3n) is 7.38. The van der Waals surface area contributed by atoms with Crippen LogP contribution in [0, 0.1) is 0 Å². The summed E-state index contributed by atoms with van der Waals surface area (Å²) in [5.41, 5.74) is 10.9. The second kappa shape index (κ2) is 14.3. The number of nitrogens with zero attached hydrogens (tertiary/aromatic N) is 6. The van der Waals surface area contributed by atoms with Crippen molar-refractivity contribution in [3.63, 3.8) is 0 Å².